The van der Waals surface area contributed by atoms with Crippen LogP contribution in [0, 0.1) is 5.92 Å². The summed E-state index contributed by atoms with van der Waals surface area (Å²) >= 11 is 0. The van der Waals surface area contributed by atoms with Crippen molar-refractivity contribution < 1.29 is 18.0 Å². The Kier molecular flexibility index (Phi) is 4.62. The highest BCUT2D eigenvalue weighted by molar-refractivity contribution is 7.91. The van der Waals surface area contributed by atoms with Crippen LogP contribution < -0.4 is 5.32 Å². The lowest BCUT2D eigenvalue weighted by molar-refractivity contribution is -0.132. The number of carbonyl (C=O) groups excluding carboxylic acids is 2. The van der Waals surface area contributed by atoms with Crippen LogP contribution in [0.25, 0.3) is 0 Å². The van der Waals surface area contributed by atoms with Crippen molar-refractivity contribution in [1.29, 1.82) is 0 Å². The number of hydrogen-bond donors (Lipinski definition) is 1. The van der Waals surface area contributed by atoms with E-state index in [1.807, 2.05) is 24.3 Å². The summed E-state index contributed by atoms with van der Waals surface area (Å²) in [6.45, 7) is 0. The molecule has 24 heavy (non-hydrogen) atoms. The van der Waals surface area contributed by atoms with Gasteiger partial charge in [-0.05, 0) is 30.9 Å². The number of anilines is 1. The van der Waals surface area contributed by atoms with Gasteiger partial charge in [0.2, 0.25) is 11.8 Å². The van der Waals surface area contributed by atoms with Crippen LogP contribution in [-0.4, -0.2) is 49.7 Å². The first-order valence-corrected chi connectivity index (χ1v) is 10.0. The fourth-order valence-electron chi connectivity index (χ4n) is 3.40. The Morgan fingerprint density at radius 2 is 2.08 bits per heavy atom. The van der Waals surface area contributed by atoms with E-state index in [1.54, 1.807) is 11.9 Å². The minimum Gasteiger partial charge on any atom is -0.342 e. The molecule has 0 aromatic heterocycles. The van der Waals surface area contributed by atoms with Crippen LogP contribution in [0.2, 0.25) is 0 Å². The highest BCUT2D eigenvalue weighted by atomic mass is 32.2. The third-order valence-corrected chi connectivity index (χ3v) is 6.72. The monoisotopic (exact) mass is 350 g/mol. The van der Waals surface area contributed by atoms with Crippen LogP contribution in [0.1, 0.15) is 24.8 Å². The first-order valence-electron chi connectivity index (χ1n) is 8.20. The molecule has 0 bridgehead atoms. The fraction of sp³-hybridized carbons (Fsp3) is 0.529. The molecule has 2 amide bonds. The summed E-state index contributed by atoms with van der Waals surface area (Å²) in [4.78, 5) is 26.0. The van der Waals surface area contributed by atoms with E-state index >= 15 is 0 Å². The summed E-state index contributed by atoms with van der Waals surface area (Å²) in [5.74, 6) is -0.162. The van der Waals surface area contributed by atoms with E-state index < -0.39 is 9.84 Å². The molecule has 1 saturated heterocycles. The molecule has 0 radical (unpaired) electrons. The molecule has 1 N–H and O–H groups in total. The molecule has 7 heteroatoms. The van der Waals surface area contributed by atoms with Gasteiger partial charge in [0.15, 0.2) is 9.84 Å². The van der Waals surface area contributed by atoms with Gasteiger partial charge in [0.1, 0.15) is 0 Å². The van der Waals surface area contributed by atoms with Crippen molar-refractivity contribution in [2.75, 3.05) is 23.9 Å². The Morgan fingerprint density at radius 1 is 1.33 bits per heavy atom. The summed E-state index contributed by atoms with van der Waals surface area (Å²) in [6, 6.07) is 7.45. The number of fused-ring (bicyclic) bond motifs is 1. The smallest absolute Gasteiger partial charge is 0.227 e. The molecule has 1 aromatic carbocycles. The van der Waals surface area contributed by atoms with E-state index in [9.17, 15) is 18.0 Å². The highest BCUT2D eigenvalue weighted by Gasteiger charge is 2.33. The number of carbonyl (C=O) groups is 2. The van der Waals surface area contributed by atoms with Crippen molar-refractivity contribution in [1.82, 2.24) is 4.90 Å². The largest absolute Gasteiger partial charge is 0.342 e. The Hall–Kier alpha value is -1.89. The molecule has 2 unspecified atom stereocenters. The molecule has 130 valence electrons. The lowest BCUT2D eigenvalue weighted by atomic mass is 9.89. The van der Waals surface area contributed by atoms with Crippen LogP contribution in [0.3, 0.4) is 0 Å². The molecule has 2 heterocycles. The van der Waals surface area contributed by atoms with Gasteiger partial charge >= 0.3 is 0 Å². The molecule has 2 aliphatic heterocycles. The first-order chi connectivity index (χ1) is 11.4. The van der Waals surface area contributed by atoms with Crippen molar-refractivity contribution in [2.45, 2.75) is 31.7 Å². The summed E-state index contributed by atoms with van der Waals surface area (Å²) in [7, 11) is -1.35. The average Bonchev–Trinajstić information content (AvgIpc) is 2.91. The molecule has 6 nitrogen and oxygen atoms in total. The number of rotatable bonds is 4. The quantitative estimate of drug-likeness (QED) is 0.885. The van der Waals surface area contributed by atoms with Gasteiger partial charge in [-0.2, -0.15) is 0 Å². The highest BCUT2D eigenvalue weighted by Crippen LogP contribution is 2.28. The summed E-state index contributed by atoms with van der Waals surface area (Å²) < 4.78 is 23.1. The van der Waals surface area contributed by atoms with Crippen LogP contribution >= 0.6 is 0 Å². The number of nitrogens with one attached hydrogen (secondary N) is 1. The van der Waals surface area contributed by atoms with E-state index in [1.165, 1.54) is 0 Å². The molecule has 0 saturated carbocycles. The van der Waals surface area contributed by atoms with Crippen molar-refractivity contribution in [2.24, 2.45) is 5.92 Å². The van der Waals surface area contributed by atoms with Gasteiger partial charge in [0, 0.05) is 31.1 Å². The Bertz CT molecular complexity index is 760. The van der Waals surface area contributed by atoms with Gasteiger partial charge in [-0.25, -0.2) is 8.42 Å². The van der Waals surface area contributed by atoms with Crippen molar-refractivity contribution in [3.05, 3.63) is 29.8 Å². The second kappa shape index (κ2) is 6.55. The van der Waals surface area contributed by atoms with Crippen molar-refractivity contribution in [3.8, 4) is 0 Å². The maximum Gasteiger partial charge on any atom is 0.227 e. The second-order valence-corrected chi connectivity index (χ2v) is 8.88. The molecule has 0 spiro atoms. The number of para-hydroxylation sites is 1. The van der Waals surface area contributed by atoms with Gasteiger partial charge in [-0.1, -0.05) is 18.2 Å². The van der Waals surface area contributed by atoms with Crippen LogP contribution in [0.15, 0.2) is 24.3 Å². The predicted octanol–water partition coefficient (Wildman–Crippen LogP) is 1.22. The number of sulfone groups is 1. The van der Waals surface area contributed by atoms with Crippen molar-refractivity contribution >= 4 is 27.3 Å². The predicted molar refractivity (Wildman–Crippen MR) is 91.3 cm³/mol. The maximum absolute atomic E-state index is 12.3. The van der Waals surface area contributed by atoms with E-state index in [-0.39, 0.29) is 41.7 Å². The molecular formula is C17H22N2O4S. The fourth-order valence-corrected chi connectivity index (χ4v) is 5.18. The molecule has 0 aliphatic carbocycles. The van der Waals surface area contributed by atoms with Gasteiger partial charge in [-0.3, -0.25) is 9.59 Å². The Labute approximate surface area is 142 Å². The first kappa shape index (κ1) is 17.0. The maximum atomic E-state index is 12.3. The SMILES string of the molecule is CN(C(=O)CCC1Cc2ccccc2NC1=O)C1CCS(=O)(=O)C1. The molecule has 1 fully saturated rings. The van der Waals surface area contributed by atoms with Gasteiger partial charge in [0.25, 0.3) is 0 Å². The molecule has 2 aliphatic rings. The number of hydrogen-bond acceptors (Lipinski definition) is 4. The second-order valence-electron chi connectivity index (χ2n) is 6.65. The molecular weight excluding hydrogens is 328 g/mol. The summed E-state index contributed by atoms with van der Waals surface area (Å²) in [5.41, 5.74) is 1.93. The number of benzene rings is 1. The zero-order chi connectivity index (χ0) is 17.3. The topological polar surface area (TPSA) is 83.6 Å². The van der Waals surface area contributed by atoms with Crippen molar-refractivity contribution in [3.63, 3.8) is 0 Å². The molecule has 3 rings (SSSR count). The summed E-state index contributed by atoms with van der Waals surface area (Å²) in [6.07, 6.45) is 1.87. The Balaban J connectivity index is 1.56. The van der Waals surface area contributed by atoms with Gasteiger partial charge < -0.3 is 10.2 Å². The third kappa shape index (κ3) is 3.61. The van der Waals surface area contributed by atoms with Gasteiger partial charge in [0.05, 0.1) is 11.5 Å². The van der Waals surface area contributed by atoms with Gasteiger partial charge in [-0.15, -0.1) is 0 Å². The van der Waals surface area contributed by atoms with E-state index in [4.69, 9.17) is 0 Å². The van der Waals surface area contributed by atoms with Crippen LogP contribution in [0.4, 0.5) is 5.69 Å². The lowest BCUT2D eigenvalue weighted by Crippen LogP contribution is -2.38. The van der Waals surface area contributed by atoms with E-state index in [0.29, 0.717) is 19.3 Å². The average molecular weight is 350 g/mol. The minimum atomic E-state index is -3.01. The molecule has 2 atom stereocenters. The molecule has 1 aromatic rings. The number of amides is 2. The van der Waals surface area contributed by atoms with Crippen LogP contribution in [0.5, 0.6) is 0 Å². The number of nitrogens with zero attached hydrogens (tertiary/aromatic N) is 1. The minimum absolute atomic E-state index is 0.0481. The zero-order valence-electron chi connectivity index (χ0n) is 13.7. The zero-order valence-corrected chi connectivity index (χ0v) is 14.5. The van der Waals surface area contributed by atoms with Crippen LogP contribution in [-0.2, 0) is 25.8 Å². The summed E-state index contributed by atoms with van der Waals surface area (Å²) in [5, 5.41) is 2.89. The van der Waals surface area contributed by atoms with E-state index in [2.05, 4.69) is 5.32 Å². The normalized spacial score (nSPS) is 25.0. The third-order valence-electron chi connectivity index (χ3n) is 4.97. The standard InChI is InChI=1S/C17H22N2O4S/c1-19(14-8-9-24(22,23)11-14)16(20)7-6-13-10-12-4-2-3-5-15(12)18-17(13)21/h2-5,13-14H,6-11H2,1H3,(H,18,21). The van der Waals surface area contributed by atoms with E-state index in [0.717, 1.165) is 11.3 Å². The Morgan fingerprint density at radius 3 is 2.79 bits per heavy atom. The lowest BCUT2D eigenvalue weighted by Gasteiger charge is -2.26.